The second-order valence-corrected chi connectivity index (χ2v) is 5.26. The zero-order valence-corrected chi connectivity index (χ0v) is 10.5. The van der Waals surface area contributed by atoms with E-state index < -0.39 is 16.0 Å². The topological polar surface area (TPSA) is 122 Å². The zero-order valence-electron chi connectivity index (χ0n) is 9.69. The Hall–Kier alpha value is -2.42. The average molecular weight is 283 g/mol. The molecule has 9 heteroatoms. The first kappa shape index (κ1) is 13.0. The number of carbonyl (C=O) groups is 1. The lowest BCUT2D eigenvalue weighted by molar-refractivity contribution is 0.0696. The molecular formula is C10H9N3O5S. The maximum absolute atomic E-state index is 11.9. The van der Waals surface area contributed by atoms with Crippen LogP contribution in [0.4, 0.5) is 6.01 Å². The van der Waals surface area contributed by atoms with E-state index >= 15 is 0 Å². The molecule has 0 saturated heterocycles. The van der Waals surface area contributed by atoms with Crippen LogP contribution in [0.5, 0.6) is 0 Å². The molecule has 2 N–H and O–H groups in total. The van der Waals surface area contributed by atoms with Crippen molar-refractivity contribution in [2.75, 3.05) is 4.72 Å². The van der Waals surface area contributed by atoms with Crippen LogP contribution in [0.15, 0.2) is 33.7 Å². The molecule has 0 amide bonds. The van der Waals surface area contributed by atoms with Crippen molar-refractivity contribution < 1.29 is 22.8 Å². The van der Waals surface area contributed by atoms with E-state index in [1.165, 1.54) is 24.3 Å². The number of nitrogens with zero attached hydrogens (tertiary/aromatic N) is 2. The summed E-state index contributed by atoms with van der Waals surface area (Å²) in [5.74, 6) is -0.844. The van der Waals surface area contributed by atoms with Gasteiger partial charge in [-0.2, -0.15) is 4.98 Å². The average Bonchev–Trinajstić information content (AvgIpc) is 2.74. The van der Waals surface area contributed by atoms with Crippen molar-refractivity contribution in [2.24, 2.45) is 0 Å². The summed E-state index contributed by atoms with van der Waals surface area (Å²) in [7, 11) is -3.88. The SMILES string of the molecule is Cc1noc(NS(=O)(=O)c2ccc(C(=O)O)cc2)n1. The third kappa shape index (κ3) is 2.88. The summed E-state index contributed by atoms with van der Waals surface area (Å²) in [4.78, 5) is 14.3. The number of carboxylic acids is 1. The number of anilines is 1. The van der Waals surface area contributed by atoms with Gasteiger partial charge in [0.2, 0.25) is 0 Å². The van der Waals surface area contributed by atoms with Gasteiger partial charge in [0.25, 0.3) is 10.0 Å². The van der Waals surface area contributed by atoms with E-state index in [-0.39, 0.29) is 16.5 Å². The van der Waals surface area contributed by atoms with Crippen LogP contribution >= 0.6 is 0 Å². The molecular weight excluding hydrogens is 274 g/mol. The number of benzene rings is 1. The Morgan fingerprint density at radius 3 is 2.42 bits per heavy atom. The summed E-state index contributed by atoms with van der Waals surface area (Å²) in [6, 6.07) is 4.48. The molecule has 8 nitrogen and oxygen atoms in total. The molecule has 0 radical (unpaired) electrons. The molecule has 0 unspecified atom stereocenters. The number of aryl methyl sites for hydroxylation is 1. The number of aromatic carboxylic acids is 1. The molecule has 0 aliphatic rings. The maximum Gasteiger partial charge on any atom is 0.335 e. The predicted molar refractivity (Wildman–Crippen MR) is 63.2 cm³/mol. The van der Waals surface area contributed by atoms with Crippen molar-refractivity contribution in [1.82, 2.24) is 10.1 Å². The number of carboxylic acid groups (broad SMARTS) is 1. The van der Waals surface area contributed by atoms with Crippen molar-refractivity contribution in [3.05, 3.63) is 35.7 Å². The number of hydrogen-bond acceptors (Lipinski definition) is 6. The molecule has 1 heterocycles. The summed E-state index contributed by atoms with van der Waals surface area (Å²) < 4.78 is 30.5. The number of rotatable bonds is 4. The van der Waals surface area contributed by atoms with Crippen molar-refractivity contribution in [2.45, 2.75) is 11.8 Å². The highest BCUT2D eigenvalue weighted by Crippen LogP contribution is 2.15. The second-order valence-electron chi connectivity index (χ2n) is 3.58. The third-order valence-electron chi connectivity index (χ3n) is 2.16. The maximum atomic E-state index is 11.9. The summed E-state index contributed by atoms with van der Waals surface area (Å²) in [6.45, 7) is 1.54. The molecule has 0 spiro atoms. The fourth-order valence-electron chi connectivity index (χ4n) is 1.29. The minimum atomic E-state index is -3.88. The molecule has 1 aromatic heterocycles. The van der Waals surface area contributed by atoms with Gasteiger partial charge < -0.3 is 9.63 Å². The lowest BCUT2D eigenvalue weighted by Gasteiger charge is -2.03. The van der Waals surface area contributed by atoms with Gasteiger partial charge in [-0.05, 0) is 31.2 Å². The largest absolute Gasteiger partial charge is 0.478 e. The Labute approximate surface area is 108 Å². The van der Waals surface area contributed by atoms with Crippen molar-refractivity contribution in [3.63, 3.8) is 0 Å². The smallest absolute Gasteiger partial charge is 0.335 e. The third-order valence-corrected chi connectivity index (χ3v) is 3.50. The molecule has 0 aliphatic carbocycles. The summed E-state index contributed by atoms with van der Waals surface area (Å²) in [5.41, 5.74) is -0.00687. The molecule has 0 bridgehead atoms. The monoisotopic (exact) mass is 283 g/mol. The minimum absolute atomic E-state index is 0.00687. The Morgan fingerprint density at radius 2 is 1.95 bits per heavy atom. The quantitative estimate of drug-likeness (QED) is 0.853. The van der Waals surface area contributed by atoms with Crippen LogP contribution in [0.25, 0.3) is 0 Å². The standard InChI is InChI=1S/C10H9N3O5S/c1-6-11-10(18-12-6)13-19(16,17)8-4-2-7(3-5-8)9(14)15/h2-5H,1H3,(H,14,15)(H,11,12,13). The number of nitrogens with one attached hydrogen (secondary N) is 1. The van der Waals surface area contributed by atoms with Crippen LogP contribution in [0, 0.1) is 6.92 Å². The highest BCUT2D eigenvalue weighted by Gasteiger charge is 2.17. The first-order chi connectivity index (χ1) is 8.88. The summed E-state index contributed by atoms with van der Waals surface area (Å²) in [6.07, 6.45) is 0. The van der Waals surface area contributed by atoms with E-state index in [0.717, 1.165) is 0 Å². The van der Waals surface area contributed by atoms with Gasteiger partial charge in [-0.15, -0.1) is 0 Å². The van der Waals surface area contributed by atoms with Crippen LogP contribution in [-0.4, -0.2) is 29.6 Å². The van der Waals surface area contributed by atoms with Crippen molar-refractivity contribution in [1.29, 1.82) is 0 Å². The van der Waals surface area contributed by atoms with Crippen LogP contribution in [0.2, 0.25) is 0 Å². The first-order valence-electron chi connectivity index (χ1n) is 5.05. The molecule has 0 fully saturated rings. The second kappa shape index (κ2) is 4.69. The van der Waals surface area contributed by atoms with Gasteiger partial charge in [0.1, 0.15) is 0 Å². The fraction of sp³-hybridized carbons (Fsp3) is 0.100. The molecule has 0 atom stereocenters. The van der Waals surface area contributed by atoms with Gasteiger partial charge >= 0.3 is 12.0 Å². The van der Waals surface area contributed by atoms with E-state index in [2.05, 4.69) is 19.4 Å². The Kier molecular flexibility index (Phi) is 3.21. The van der Waals surface area contributed by atoms with Crippen LogP contribution in [0.3, 0.4) is 0 Å². The normalized spacial score (nSPS) is 11.2. The zero-order chi connectivity index (χ0) is 14.0. The number of sulfonamides is 1. The lowest BCUT2D eigenvalue weighted by atomic mass is 10.2. The Bertz CT molecular complexity index is 705. The molecule has 100 valence electrons. The van der Waals surface area contributed by atoms with Gasteiger partial charge in [-0.1, -0.05) is 5.16 Å². The predicted octanol–water partition coefficient (Wildman–Crippen LogP) is 0.877. The molecule has 2 rings (SSSR count). The Balaban J connectivity index is 2.26. The van der Waals surface area contributed by atoms with E-state index in [1.54, 1.807) is 6.92 Å². The van der Waals surface area contributed by atoms with Gasteiger partial charge in [-0.3, -0.25) is 0 Å². The van der Waals surface area contributed by atoms with Crippen molar-refractivity contribution in [3.8, 4) is 0 Å². The molecule has 2 aromatic rings. The van der Waals surface area contributed by atoms with Crippen molar-refractivity contribution >= 4 is 22.0 Å². The van der Waals surface area contributed by atoms with Crippen LogP contribution in [-0.2, 0) is 10.0 Å². The highest BCUT2D eigenvalue weighted by atomic mass is 32.2. The van der Waals surface area contributed by atoms with Gasteiger partial charge in [0.05, 0.1) is 10.5 Å². The van der Waals surface area contributed by atoms with Gasteiger partial charge in [-0.25, -0.2) is 17.9 Å². The number of hydrogen-bond donors (Lipinski definition) is 2. The van der Waals surface area contributed by atoms with E-state index in [0.29, 0.717) is 5.82 Å². The molecule has 0 saturated carbocycles. The minimum Gasteiger partial charge on any atom is -0.478 e. The molecule has 0 aliphatic heterocycles. The fourth-order valence-corrected chi connectivity index (χ4v) is 2.21. The van der Waals surface area contributed by atoms with Crippen LogP contribution in [0.1, 0.15) is 16.2 Å². The summed E-state index contributed by atoms with van der Waals surface area (Å²) >= 11 is 0. The molecule has 19 heavy (non-hydrogen) atoms. The lowest BCUT2D eigenvalue weighted by Crippen LogP contribution is -2.13. The van der Waals surface area contributed by atoms with Gasteiger partial charge in [0.15, 0.2) is 5.82 Å². The van der Waals surface area contributed by atoms with Gasteiger partial charge in [0, 0.05) is 0 Å². The number of aromatic nitrogens is 2. The van der Waals surface area contributed by atoms with E-state index in [4.69, 9.17) is 5.11 Å². The highest BCUT2D eigenvalue weighted by molar-refractivity contribution is 7.92. The first-order valence-corrected chi connectivity index (χ1v) is 6.53. The van der Waals surface area contributed by atoms with Crippen LogP contribution < -0.4 is 4.72 Å². The summed E-state index contributed by atoms with van der Waals surface area (Å²) in [5, 5.41) is 12.2. The van der Waals surface area contributed by atoms with E-state index in [9.17, 15) is 13.2 Å². The Morgan fingerprint density at radius 1 is 1.32 bits per heavy atom. The van der Waals surface area contributed by atoms with E-state index in [1.807, 2.05) is 0 Å². The molecule has 1 aromatic carbocycles.